The highest BCUT2D eigenvalue weighted by molar-refractivity contribution is 5.47. The molecule has 0 aliphatic rings. The van der Waals surface area contributed by atoms with Crippen LogP contribution < -0.4 is 0 Å². The van der Waals surface area contributed by atoms with E-state index in [-0.39, 0.29) is 11.5 Å². The number of halogens is 2. The maximum absolute atomic E-state index is 13.1. The summed E-state index contributed by atoms with van der Waals surface area (Å²) in [7, 11) is 0. The molecule has 0 aliphatic carbocycles. The van der Waals surface area contributed by atoms with Crippen molar-refractivity contribution in [3.63, 3.8) is 0 Å². The highest BCUT2D eigenvalue weighted by Crippen LogP contribution is 2.13. The lowest BCUT2D eigenvalue weighted by Gasteiger charge is -1.98. The van der Waals surface area contributed by atoms with Crippen molar-refractivity contribution in [2.75, 3.05) is 0 Å². The van der Waals surface area contributed by atoms with Gasteiger partial charge in [0.2, 0.25) is 5.82 Å². The maximum atomic E-state index is 13.1. The van der Waals surface area contributed by atoms with Gasteiger partial charge in [-0.1, -0.05) is 6.07 Å². The lowest BCUT2D eigenvalue weighted by molar-refractivity contribution is 0.576. The van der Waals surface area contributed by atoms with Gasteiger partial charge in [-0.05, 0) is 17.3 Å². The topological polar surface area (TPSA) is 56.5 Å². The number of benzene rings is 1. The minimum atomic E-state index is -0.702. The third-order valence-corrected chi connectivity index (χ3v) is 2.39. The molecular weight excluding hydrogens is 252 g/mol. The van der Waals surface area contributed by atoms with Crippen LogP contribution in [0.15, 0.2) is 42.6 Å². The standard InChI is InChI=1S/C12H7F2N5/c13-8-5-9(14)7-10(6-8)19-17-12(16-18-19)11-3-1-2-4-15-11/h1-7H. The third-order valence-electron chi connectivity index (χ3n) is 2.39. The molecule has 0 bridgehead atoms. The van der Waals surface area contributed by atoms with Crippen LogP contribution >= 0.6 is 0 Å². The van der Waals surface area contributed by atoms with Crippen molar-refractivity contribution in [3.05, 3.63) is 54.2 Å². The Morgan fingerprint density at radius 3 is 2.47 bits per heavy atom. The van der Waals surface area contributed by atoms with Gasteiger partial charge in [0.1, 0.15) is 17.3 Å². The fourth-order valence-electron chi connectivity index (χ4n) is 1.58. The average Bonchev–Trinajstić information content (AvgIpc) is 2.88. The van der Waals surface area contributed by atoms with Crippen molar-refractivity contribution >= 4 is 0 Å². The van der Waals surface area contributed by atoms with Crippen LogP contribution in [0.2, 0.25) is 0 Å². The first-order valence-corrected chi connectivity index (χ1v) is 5.40. The molecule has 0 amide bonds. The van der Waals surface area contributed by atoms with E-state index in [1.165, 1.54) is 0 Å². The second-order valence-electron chi connectivity index (χ2n) is 3.75. The minimum Gasteiger partial charge on any atom is -0.253 e. The van der Waals surface area contributed by atoms with Gasteiger partial charge in [0.15, 0.2) is 0 Å². The van der Waals surface area contributed by atoms with Crippen LogP contribution in [0.3, 0.4) is 0 Å². The summed E-state index contributed by atoms with van der Waals surface area (Å²) in [6.45, 7) is 0. The average molecular weight is 259 g/mol. The molecule has 0 unspecified atom stereocenters. The van der Waals surface area contributed by atoms with Crippen LogP contribution in [0.4, 0.5) is 8.78 Å². The summed E-state index contributed by atoms with van der Waals surface area (Å²) in [5.41, 5.74) is 0.692. The van der Waals surface area contributed by atoms with Crippen LogP contribution in [-0.2, 0) is 0 Å². The number of rotatable bonds is 2. The van der Waals surface area contributed by atoms with E-state index < -0.39 is 11.6 Å². The Hall–Kier alpha value is -2.70. The molecule has 2 aromatic heterocycles. The highest BCUT2D eigenvalue weighted by Gasteiger charge is 2.09. The minimum absolute atomic E-state index is 0.159. The maximum Gasteiger partial charge on any atom is 0.223 e. The number of aromatic nitrogens is 5. The number of hydrogen-bond acceptors (Lipinski definition) is 4. The normalized spacial score (nSPS) is 10.6. The van der Waals surface area contributed by atoms with Gasteiger partial charge in [-0.25, -0.2) is 8.78 Å². The van der Waals surface area contributed by atoms with Gasteiger partial charge in [0.05, 0.1) is 5.69 Å². The molecule has 0 spiro atoms. The fraction of sp³-hybridized carbons (Fsp3) is 0. The van der Waals surface area contributed by atoms with Crippen LogP contribution in [0.1, 0.15) is 0 Å². The largest absolute Gasteiger partial charge is 0.253 e. The first-order chi connectivity index (χ1) is 9.22. The molecule has 0 N–H and O–H groups in total. The zero-order valence-corrected chi connectivity index (χ0v) is 9.53. The van der Waals surface area contributed by atoms with E-state index in [4.69, 9.17) is 0 Å². The van der Waals surface area contributed by atoms with Gasteiger partial charge in [-0.15, -0.1) is 15.0 Å². The summed E-state index contributed by atoms with van der Waals surface area (Å²) in [6, 6.07) is 8.27. The number of nitrogens with zero attached hydrogens (tertiary/aromatic N) is 5. The monoisotopic (exact) mass is 259 g/mol. The number of pyridine rings is 1. The summed E-state index contributed by atoms with van der Waals surface area (Å²) in [5, 5.41) is 11.6. The van der Waals surface area contributed by atoms with Crippen LogP contribution in [0.25, 0.3) is 17.2 Å². The summed E-state index contributed by atoms with van der Waals surface area (Å²) in [6.07, 6.45) is 1.60. The molecule has 1 aromatic carbocycles. The number of hydrogen-bond donors (Lipinski definition) is 0. The van der Waals surface area contributed by atoms with Gasteiger partial charge in [0, 0.05) is 24.4 Å². The second kappa shape index (κ2) is 4.52. The van der Waals surface area contributed by atoms with Crippen molar-refractivity contribution in [1.29, 1.82) is 0 Å². The Kier molecular flexibility index (Phi) is 2.71. The van der Waals surface area contributed by atoms with Crippen molar-refractivity contribution in [3.8, 4) is 17.2 Å². The predicted octanol–water partition coefficient (Wildman–Crippen LogP) is 2.00. The Morgan fingerprint density at radius 2 is 1.79 bits per heavy atom. The van der Waals surface area contributed by atoms with Gasteiger partial charge in [0.25, 0.3) is 0 Å². The van der Waals surface area contributed by atoms with E-state index in [0.717, 1.165) is 23.0 Å². The van der Waals surface area contributed by atoms with Crippen molar-refractivity contribution in [2.24, 2.45) is 0 Å². The summed E-state index contributed by atoms with van der Waals surface area (Å²) in [5.74, 6) is -1.12. The summed E-state index contributed by atoms with van der Waals surface area (Å²) in [4.78, 5) is 5.12. The lowest BCUT2D eigenvalue weighted by atomic mass is 10.3. The quantitative estimate of drug-likeness (QED) is 0.706. The zero-order valence-electron chi connectivity index (χ0n) is 9.53. The van der Waals surface area contributed by atoms with Gasteiger partial charge >= 0.3 is 0 Å². The van der Waals surface area contributed by atoms with Crippen molar-refractivity contribution in [2.45, 2.75) is 0 Å². The van der Waals surface area contributed by atoms with Crippen LogP contribution in [-0.4, -0.2) is 25.2 Å². The van der Waals surface area contributed by atoms with Crippen LogP contribution in [0.5, 0.6) is 0 Å². The molecule has 94 valence electrons. The Balaban J connectivity index is 2.02. The molecular formula is C12H7F2N5. The van der Waals surface area contributed by atoms with Gasteiger partial charge < -0.3 is 0 Å². The van der Waals surface area contributed by atoms with Crippen molar-refractivity contribution in [1.82, 2.24) is 25.2 Å². The van der Waals surface area contributed by atoms with Gasteiger partial charge in [-0.2, -0.15) is 0 Å². The smallest absolute Gasteiger partial charge is 0.223 e. The summed E-state index contributed by atoms with van der Waals surface area (Å²) < 4.78 is 26.2. The first kappa shape index (κ1) is 11.4. The zero-order chi connectivity index (χ0) is 13.2. The molecule has 2 heterocycles. The first-order valence-electron chi connectivity index (χ1n) is 5.40. The molecule has 3 rings (SSSR count). The van der Waals surface area contributed by atoms with Crippen molar-refractivity contribution < 1.29 is 8.78 Å². The molecule has 0 saturated carbocycles. The molecule has 19 heavy (non-hydrogen) atoms. The molecule has 0 saturated heterocycles. The SMILES string of the molecule is Fc1cc(F)cc(-n2nnc(-c3ccccn3)n2)c1. The van der Waals surface area contributed by atoms with E-state index in [0.29, 0.717) is 5.69 Å². The number of tetrazole rings is 1. The van der Waals surface area contributed by atoms with E-state index in [9.17, 15) is 8.78 Å². The van der Waals surface area contributed by atoms with E-state index >= 15 is 0 Å². The predicted molar refractivity (Wildman–Crippen MR) is 62.3 cm³/mol. The van der Waals surface area contributed by atoms with Gasteiger partial charge in [-0.3, -0.25) is 4.98 Å². The second-order valence-corrected chi connectivity index (χ2v) is 3.75. The van der Waals surface area contributed by atoms with E-state index in [2.05, 4.69) is 20.4 Å². The molecule has 3 aromatic rings. The lowest BCUT2D eigenvalue weighted by Crippen LogP contribution is -2.00. The van der Waals surface area contributed by atoms with E-state index in [1.54, 1.807) is 24.4 Å². The Morgan fingerprint density at radius 1 is 1.00 bits per heavy atom. The molecule has 7 heteroatoms. The molecule has 0 aliphatic heterocycles. The Bertz CT molecular complexity index is 691. The summed E-state index contributed by atoms with van der Waals surface area (Å²) >= 11 is 0. The third kappa shape index (κ3) is 2.30. The van der Waals surface area contributed by atoms with Crippen LogP contribution in [0, 0.1) is 11.6 Å². The van der Waals surface area contributed by atoms with E-state index in [1.807, 2.05) is 0 Å². The molecule has 0 fully saturated rings. The fourth-order valence-corrected chi connectivity index (χ4v) is 1.58. The molecule has 0 radical (unpaired) electrons. The highest BCUT2D eigenvalue weighted by atomic mass is 19.1. The molecule has 0 atom stereocenters. The molecule has 5 nitrogen and oxygen atoms in total. The Labute approximate surface area is 106 Å².